The van der Waals surface area contributed by atoms with Gasteiger partial charge >= 0.3 is 0 Å². The molecule has 0 atom stereocenters. The zero-order valence-electron chi connectivity index (χ0n) is 9.59. The van der Waals surface area contributed by atoms with Crippen LogP contribution in [0.15, 0.2) is 30.7 Å². The van der Waals surface area contributed by atoms with E-state index in [1.807, 2.05) is 18.2 Å². The highest BCUT2D eigenvalue weighted by atomic mass is 16.5. The number of nitrogens with zero attached hydrogens (tertiary/aromatic N) is 2. The number of nitrogens with one attached hydrogen (secondary N) is 1. The Morgan fingerprint density at radius 1 is 1.33 bits per heavy atom. The molecule has 1 aromatic heterocycles. The van der Waals surface area contributed by atoms with E-state index in [9.17, 15) is 0 Å². The summed E-state index contributed by atoms with van der Waals surface area (Å²) < 4.78 is 11.3. The van der Waals surface area contributed by atoms with Gasteiger partial charge in [0.05, 0.1) is 6.20 Å². The van der Waals surface area contributed by atoms with E-state index in [-0.39, 0.29) is 0 Å². The molecule has 0 spiro atoms. The molecule has 0 unspecified atom stereocenters. The fourth-order valence-corrected chi connectivity index (χ4v) is 1.73. The van der Waals surface area contributed by atoms with E-state index in [1.165, 1.54) is 6.33 Å². The number of nitrogens with two attached hydrogens (primary N) is 1. The molecule has 92 valence electrons. The number of rotatable bonds is 3. The standard InChI is InChI=1S/C12H12N4O2/c13-4-5-17-8-2-1-3-9-11(8)16-12-10(18-9)6-14-7-15-12/h1-3,6-7H,4-5,13H2,(H,14,15,16). The second kappa shape index (κ2) is 4.50. The average Bonchev–Trinajstić information content (AvgIpc) is 2.43. The van der Waals surface area contributed by atoms with E-state index in [0.29, 0.717) is 36.2 Å². The normalized spacial score (nSPS) is 11.8. The molecular weight excluding hydrogens is 232 g/mol. The third-order valence-electron chi connectivity index (χ3n) is 2.51. The second-order valence-corrected chi connectivity index (χ2v) is 3.73. The summed E-state index contributed by atoms with van der Waals surface area (Å²) in [7, 11) is 0. The van der Waals surface area contributed by atoms with E-state index in [0.717, 1.165) is 5.69 Å². The lowest BCUT2D eigenvalue weighted by molar-refractivity contribution is 0.328. The van der Waals surface area contributed by atoms with Crippen molar-refractivity contribution in [2.24, 2.45) is 5.73 Å². The van der Waals surface area contributed by atoms with Crippen LogP contribution in [-0.4, -0.2) is 23.1 Å². The van der Waals surface area contributed by atoms with Crippen LogP contribution < -0.4 is 20.5 Å². The Bertz CT molecular complexity index is 574. The smallest absolute Gasteiger partial charge is 0.188 e. The maximum absolute atomic E-state index is 5.70. The number of hydrogen-bond acceptors (Lipinski definition) is 6. The van der Waals surface area contributed by atoms with Gasteiger partial charge in [0.25, 0.3) is 0 Å². The molecule has 2 aromatic rings. The van der Waals surface area contributed by atoms with Crippen LogP contribution in [-0.2, 0) is 0 Å². The molecule has 0 aliphatic carbocycles. The third-order valence-corrected chi connectivity index (χ3v) is 2.51. The summed E-state index contributed by atoms with van der Waals surface area (Å²) in [6.07, 6.45) is 3.08. The number of anilines is 2. The van der Waals surface area contributed by atoms with Crippen LogP contribution >= 0.6 is 0 Å². The molecule has 3 rings (SSSR count). The Labute approximate surface area is 104 Å². The topological polar surface area (TPSA) is 82.3 Å². The number of ether oxygens (including phenoxy) is 2. The number of benzene rings is 1. The maximum Gasteiger partial charge on any atom is 0.188 e. The predicted octanol–water partition coefficient (Wildman–Crippen LogP) is 1.66. The lowest BCUT2D eigenvalue weighted by Crippen LogP contribution is -2.12. The van der Waals surface area contributed by atoms with E-state index >= 15 is 0 Å². The maximum atomic E-state index is 5.70. The largest absolute Gasteiger partial charge is 0.490 e. The highest BCUT2D eigenvalue weighted by Crippen LogP contribution is 2.44. The first kappa shape index (κ1) is 10.8. The fourth-order valence-electron chi connectivity index (χ4n) is 1.73. The van der Waals surface area contributed by atoms with Gasteiger partial charge in [0.15, 0.2) is 17.3 Å². The van der Waals surface area contributed by atoms with Gasteiger partial charge in [-0.15, -0.1) is 0 Å². The Morgan fingerprint density at radius 2 is 2.28 bits per heavy atom. The van der Waals surface area contributed by atoms with Gasteiger partial charge in [-0.25, -0.2) is 9.97 Å². The summed E-state index contributed by atoms with van der Waals surface area (Å²) in [5, 5.41) is 3.18. The molecule has 0 amide bonds. The molecule has 1 aromatic carbocycles. The summed E-state index contributed by atoms with van der Waals surface area (Å²) in [5.74, 6) is 2.61. The van der Waals surface area contributed by atoms with Gasteiger partial charge in [0.2, 0.25) is 0 Å². The lowest BCUT2D eigenvalue weighted by atomic mass is 10.2. The molecule has 0 bridgehead atoms. The second-order valence-electron chi connectivity index (χ2n) is 3.73. The van der Waals surface area contributed by atoms with E-state index in [4.69, 9.17) is 15.2 Å². The zero-order valence-corrected chi connectivity index (χ0v) is 9.59. The average molecular weight is 244 g/mol. The molecule has 0 fully saturated rings. The third kappa shape index (κ3) is 1.82. The summed E-state index contributed by atoms with van der Waals surface area (Å²) >= 11 is 0. The number of hydrogen-bond donors (Lipinski definition) is 2. The van der Waals surface area contributed by atoms with Gasteiger partial charge in [-0.3, -0.25) is 0 Å². The molecule has 6 heteroatoms. The molecule has 18 heavy (non-hydrogen) atoms. The molecular formula is C12H12N4O2. The zero-order chi connectivity index (χ0) is 12.4. The van der Waals surface area contributed by atoms with Crippen LogP contribution in [0.1, 0.15) is 0 Å². The van der Waals surface area contributed by atoms with Crippen LogP contribution in [0.2, 0.25) is 0 Å². The van der Waals surface area contributed by atoms with Crippen LogP contribution in [0.4, 0.5) is 11.5 Å². The highest BCUT2D eigenvalue weighted by Gasteiger charge is 2.20. The van der Waals surface area contributed by atoms with Crippen LogP contribution in [0.3, 0.4) is 0 Å². The van der Waals surface area contributed by atoms with Crippen molar-refractivity contribution in [2.45, 2.75) is 0 Å². The minimum absolute atomic E-state index is 0.453. The minimum Gasteiger partial charge on any atom is -0.490 e. The van der Waals surface area contributed by atoms with Crippen LogP contribution in [0, 0.1) is 0 Å². The van der Waals surface area contributed by atoms with E-state index < -0.39 is 0 Å². The summed E-state index contributed by atoms with van der Waals surface area (Å²) in [4.78, 5) is 8.03. The van der Waals surface area contributed by atoms with Gasteiger partial charge in [-0.2, -0.15) is 0 Å². The Balaban J connectivity index is 1.97. The van der Waals surface area contributed by atoms with Gasteiger partial charge < -0.3 is 20.5 Å². The molecule has 0 radical (unpaired) electrons. The van der Waals surface area contributed by atoms with Crippen LogP contribution in [0.25, 0.3) is 0 Å². The van der Waals surface area contributed by atoms with Crippen molar-refractivity contribution in [3.05, 3.63) is 30.7 Å². The molecule has 3 N–H and O–H groups in total. The number of aromatic nitrogens is 2. The summed E-state index contributed by atoms with van der Waals surface area (Å²) in [6, 6.07) is 5.58. The quantitative estimate of drug-likeness (QED) is 0.729. The van der Waals surface area contributed by atoms with Gasteiger partial charge in [0.1, 0.15) is 24.4 Å². The monoisotopic (exact) mass is 244 g/mol. The van der Waals surface area contributed by atoms with Crippen molar-refractivity contribution in [1.82, 2.24) is 9.97 Å². The van der Waals surface area contributed by atoms with Crippen LogP contribution in [0.5, 0.6) is 17.2 Å². The molecule has 1 aliphatic heterocycles. The molecule has 1 aliphatic rings. The van der Waals surface area contributed by atoms with Crippen molar-refractivity contribution in [3.63, 3.8) is 0 Å². The van der Waals surface area contributed by atoms with E-state index in [1.54, 1.807) is 6.20 Å². The Morgan fingerprint density at radius 3 is 3.17 bits per heavy atom. The Kier molecular flexibility index (Phi) is 2.70. The van der Waals surface area contributed by atoms with Gasteiger partial charge in [-0.1, -0.05) is 6.07 Å². The molecule has 2 heterocycles. The first-order valence-electron chi connectivity index (χ1n) is 5.59. The molecule has 0 saturated carbocycles. The molecule has 6 nitrogen and oxygen atoms in total. The summed E-state index contributed by atoms with van der Waals surface area (Å²) in [6.45, 7) is 0.915. The van der Waals surface area contributed by atoms with Gasteiger partial charge in [-0.05, 0) is 12.1 Å². The lowest BCUT2D eigenvalue weighted by Gasteiger charge is -2.22. The predicted molar refractivity (Wildman–Crippen MR) is 66.4 cm³/mol. The van der Waals surface area contributed by atoms with Crippen molar-refractivity contribution in [2.75, 3.05) is 18.5 Å². The van der Waals surface area contributed by atoms with Gasteiger partial charge in [0, 0.05) is 6.54 Å². The van der Waals surface area contributed by atoms with Crippen molar-refractivity contribution in [3.8, 4) is 17.2 Å². The van der Waals surface area contributed by atoms with Crippen molar-refractivity contribution >= 4 is 11.5 Å². The highest BCUT2D eigenvalue weighted by molar-refractivity contribution is 5.77. The van der Waals surface area contributed by atoms with Crippen molar-refractivity contribution < 1.29 is 9.47 Å². The SMILES string of the molecule is NCCOc1cccc2c1Nc1ncncc1O2. The minimum atomic E-state index is 0.453. The van der Waals surface area contributed by atoms with E-state index in [2.05, 4.69) is 15.3 Å². The fraction of sp³-hybridized carbons (Fsp3) is 0.167. The Hall–Kier alpha value is -2.34. The number of fused-ring (bicyclic) bond motifs is 2. The molecule has 0 saturated heterocycles. The first-order chi connectivity index (χ1) is 8.88. The number of para-hydroxylation sites is 1. The summed E-state index contributed by atoms with van der Waals surface area (Å²) in [5.41, 5.74) is 6.19. The van der Waals surface area contributed by atoms with Crippen molar-refractivity contribution in [1.29, 1.82) is 0 Å². The first-order valence-corrected chi connectivity index (χ1v) is 5.59.